The van der Waals surface area contributed by atoms with Gasteiger partial charge in [-0.25, -0.2) is 0 Å². The molecule has 2 rings (SSSR count). The molecule has 3 heteroatoms. The normalized spacial score (nSPS) is 13.5. The van der Waals surface area contributed by atoms with Crippen LogP contribution < -0.4 is 0 Å². The molecule has 0 spiro atoms. The molecule has 68 valence electrons. The molecule has 2 aromatic rings. The third-order valence-electron chi connectivity index (χ3n) is 2.18. The second-order valence-corrected chi connectivity index (χ2v) is 3.20. The number of aliphatic hydroxyl groups is 1. The summed E-state index contributed by atoms with van der Waals surface area (Å²) in [5.41, 5.74) is 1.80. The average Bonchev–Trinajstić information content (AvgIpc) is 2.39. The second-order valence-electron chi connectivity index (χ2n) is 3.20. The van der Waals surface area contributed by atoms with Crippen molar-refractivity contribution in [2.75, 3.05) is 0 Å². The number of fused-ring (bicyclic) bond motifs is 1. The molecule has 1 aromatic carbocycles. The molecular formula is C10H12N2O. The van der Waals surface area contributed by atoms with Crippen LogP contribution in [0.2, 0.25) is 0 Å². The largest absolute Gasteiger partial charge is 0.387 e. The van der Waals surface area contributed by atoms with Crippen molar-refractivity contribution in [3.63, 3.8) is 0 Å². The van der Waals surface area contributed by atoms with Gasteiger partial charge < -0.3 is 5.11 Å². The summed E-state index contributed by atoms with van der Waals surface area (Å²) < 4.78 is 1.73. The molecule has 0 aliphatic rings. The van der Waals surface area contributed by atoms with E-state index >= 15 is 0 Å². The van der Waals surface area contributed by atoms with Crippen LogP contribution in [0.15, 0.2) is 24.3 Å². The molecule has 0 unspecified atom stereocenters. The topological polar surface area (TPSA) is 38.1 Å². The predicted octanol–water partition coefficient (Wildman–Crippen LogP) is 1.63. The monoisotopic (exact) mass is 176 g/mol. The van der Waals surface area contributed by atoms with Gasteiger partial charge >= 0.3 is 0 Å². The van der Waals surface area contributed by atoms with Gasteiger partial charge in [-0.2, -0.15) is 5.10 Å². The number of hydrogen-bond donors (Lipinski definition) is 1. The Morgan fingerprint density at radius 2 is 2.08 bits per heavy atom. The van der Waals surface area contributed by atoms with E-state index in [0.717, 1.165) is 16.6 Å². The van der Waals surface area contributed by atoms with E-state index in [-0.39, 0.29) is 0 Å². The molecule has 0 aliphatic carbocycles. The van der Waals surface area contributed by atoms with Gasteiger partial charge in [0, 0.05) is 12.4 Å². The van der Waals surface area contributed by atoms with Crippen molar-refractivity contribution in [3.05, 3.63) is 30.0 Å². The Hall–Kier alpha value is -1.35. The molecule has 0 saturated heterocycles. The van der Waals surface area contributed by atoms with Crippen LogP contribution in [-0.4, -0.2) is 14.9 Å². The average molecular weight is 176 g/mol. The van der Waals surface area contributed by atoms with E-state index in [2.05, 4.69) is 5.10 Å². The highest BCUT2D eigenvalue weighted by atomic mass is 16.3. The number of rotatable bonds is 1. The highest BCUT2D eigenvalue weighted by Crippen LogP contribution is 2.22. The lowest BCUT2D eigenvalue weighted by atomic mass is 10.1. The smallest absolute Gasteiger partial charge is 0.0934 e. The Morgan fingerprint density at radius 1 is 1.38 bits per heavy atom. The van der Waals surface area contributed by atoms with Gasteiger partial charge in [0.2, 0.25) is 0 Å². The number of benzene rings is 1. The molecular weight excluding hydrogens is 164 g/mol. The summed E-state index contributed by atoms with van der Waals surface area (Å²) in [5, 5.41) is 14.8. The minimum Gasteiger partial charge on any atom is -0.387 e. The number of hydrogen-bond acceptors (Lipinski definition) is 2. The van der Waals surface area contributed by atoms with E-state index in [0.29, 0.717) is 0 Å². The van der Waals surface area contributed by atoms with Gasteiger partial charge in [0.1, 0.15) is 0 Å². The Morgan fingerprint density at radius 3 is 2.77 bits per heavy atom. The summed E-state index contributed by atoms with van der Waals surface area (Å²) in [5.74, 6) is 0. The van der Waals surface area contributed by atoms with Crippen molar-refractivity contribution in [2.24, 2.45) is 7.05 Å². The van der Waals surface area contributed by atoms with E-state index in [1.165, 1.54) is 0 Å². The van der Waals surface area contributed by atoms with E-state index in [9.17, 15) is 5.11 Å². The number of aliphatic hydroxyl groups excluding tert-OH is 1. The van der Waals surface area contributed by atoms with Crippen molar-refractivity contribution in [2.45, 2.75) is 13.0 Å². The third kappa shape index (κ3) is 1.21. The maximum Gasteiger partial charge on any atom is 0.0934 e. The molecule has 1 atom stereocenters. The first-order chi connectivity index (χ1) is 6.20. The summed E-state index contributed by atoms with van der Waals surface area (Å²) in [4.78, 5) is 0. The summed E-state index contributed by atoms with van der Waals surface area (Å²) in [6, 6.07) is 7.82. The van der Waals surface area contributed by atoms with Gasteiger partial charge in [-0.05, 0) is 13.0 Å². The van der Waals surface area contributed by atoms with Gasteiger partial charge in [-0.1, -0.05) is 18.2 Å². The van der Waals surface area contributed by atoms with Crippen LogP contribution in [0.5, 0.6) is 0 Å². The van der Waals surface area contributed by atoms with E-state index < -0.39 is 6.10 Å². The lowest BCUT2D eigenvalue weighted by molar-refractivity contribution is 0.190. The fourth-order valence-electron chi connectivity index (χ4n) is 1.66. The Balaban J connectivity index is 2.78. The fourth-order valence-corrected chi connectivity index (χ4v) is 1.66. The first-order valence-corrected chi connectivity index (χ1v) is 4.30. The van der Waals surface area contributed by atoms with Crippen LogP contribution in [0.25, 0.3) is 10.9 Å². The zero-order chi connectivity index (χ0) is 9.42. The van der Waals surface area contributed by atoms with Crippen LogP contribution in [0, 0.1) is 0 Å². The van der Waals surface area contributed by atoms with Crippen molar-refractivity contribution in [3.8, 4) is 0 Å². The zero-order valence-electron chi connectivity index (χ0n) is 7.73. The van der Waals surface area contributed by atoms with Crippen molar-refractivity contribution >= 4 is 10.9 Å². The summed E-state index contributed by atoms with van der Waals surface area (Å²) >= 11 is 0. The third-order valence-corrected chi connectivity index (χ3v) is 2.18. The first kappa shape index (κ1) is 8.26. The maximum atomic E-state index is 9.53. The van der Waals surface area contributed by atoms with Gasteiger partial charge in [0.25, 0.3) is 0 Å². The van der Waals surface area contributed by atoms with E-state index in [4.69, 9.17) is 0 Å². The number of aryl methyl sites for hydroxylation is 1. The molecule has 1 heterocycles. The fraction of sp³-hybridized carbons (Fsp3) is 0.300. The number of aromatic nitrogens is 2. The lowest BCUT2D eigenvalue weighted by Gasteiger charge is -2.04. The molecule has 1 aromatic heterocycles. The maximum absolute atomic E-state index is 9.53. The van der Waals surface area contributed by atoms with Crippen LogP contribution in [0.4, 0.5) is 0 Å². The van der Waals surface area contributed by atoms with Crippen molar-refractivity contribution < 1.29 is 5.11 Å². The lowest BCUT2D eigenvalue weighted by Crippen LogP contribution is -2.01. The zero-order valence-corrected chi connectivity index (χ0v) is 7.73. The summed E-state index contributed by atoms with van der Waals surface area (Å²) in [7, 11) is 1.85. The van der Waals surface area contributed by atoms with E-state index in [1.54, 1.807) is 11.6 Å². The van der Waals surface area contributed by atoms with Gasteiger partial charge in [0.05, 0.1) is 17.3 Å². The summed E-state index contributed by atoms with van der Waals surface area (Å²) in [6.45, 7) is 1.75. The van der Waals surface area contributed by atoms with Gasteiger partial charge in [-0.3, -0.25) is 4.68 Å². The van der Waals surface area contributed by atoms with Crippen molar-refractivity contribution in [1.82, 2.24) is 9.78 Å². The van der Waals surface area contributed by atoms with E-state index in [1.807, 2.05) is 31.3 Å². The van der Waals surface area contributed by atoms with Crippen LogP contribution in [0.3, 0.4) is 0 Å². The van der Waals surface area contributed by atoms with Crippen molar-refractivity contribution in [1.29, 1.82) is 0 Å². The SMILES string of the molecule is C[C@@H](O)c1c2ccccc2nn1C. The number of nitrogens with zero attached hydrogens (tertiary/aromatic N) is 2. The second kappa shape index (κ2) is 2.85. The van der Waals surface area contributed by atoms with Crippen LogP contribution >= 0.6 is 0 Å². The minimum absolute atomic E-state index is 0.475. The first-order valence-electron chi connectivity index (χ1n) is 4.30. The van der Waals surface area contributed by atoms with Crippen LogP contribution in [-0.2, 0) is 7.05 Å². The predicted molar refractivity (Wildman–Crippen MR) is 51.3 cm³/mol. The minimum atomic E-state index is -0.475. The van der Waals surface area contributed by atoms with Gasteiger partial charge in [0.15, 0.2) is 0 Å². The molecule has 0 radical (unpaired) electrons. The highest BCUT2D eigenvalue weighted by Gasteiger charge is 2.11. The standard InChI is InChI=1S/C10H12N2O/c1-7(13)10-8-5-3-4-6-9(8)11-12(10)2/h3-7,13H,1-2H3/t7-/m1/s1. The molecule has 1 N–H and O–H groups in total. The Labute approximate surface area is 76.6 Å². The Bertz CT molecular complexity index is 431. The molecule has 0 amide bonds. The quantitative estimate of drug-likeness (QED) is 0.717. The molecule has 0 fully saturated rings. The summed E-state index contributed by atoms with van der Waals surface area (Å²) in [6.07, 6.45) is -0.475. The van der Waals surface area contributed by atoms with Crippen LogP contribution in [0.1, 0.15) is 18.7 Å². The molecule has 0 aliphatic heterocycles. The Kier molecular flexibility index (Phi) is 1.81. The molecule has 13 heavy (non-hydrogen) atoms. The molecule has 0 bridgehead atoms. The highest BCUT2D eigenvalue weighted by molar-refractivity contribution is 5.81. The molecule has 0 saturated carbocycles. The van der Waals surface area contributed by atoms with Gasteiger partial charge in [-0.15, -0.1) is 0 Å². The molecule has 3 nitrogen and oxygen atoms in total.